The van der Waals surface area contributed by atoms with E-state index in [1.165, 1.54) is 16.7 Å². The third kappa shape index (κ3) is 6.32. The summed E-state index contributed by atoms with van der Waals surface area (Å²) in [6.07, 6.45) is 1.11. The summed E-state index contributed by atoms with van der Waals surface area (Å²) in [5, 5.41) is 0. The first-order valence-electron chi connectivity index (χ1n) is 9.55. The smallest absolute Gasteiger partial charge is 0.0233 e. The third-order valence-electron chi connectivity index (χ3n) is 4.85. The minimum Gasteiger partial charge on any atom is -0.299 e. The molecule has 0 heterocycles. The van der Waals surface area contributed by atoms with E-state index in [9.17, 15) is 0 Å². The molecule has 0 aliphatic carbocycles. The van der Waals surface area contributed by atoms with Gasteiger partial charge in [-0.25, -0.2) is 0 Å². The predicted molar refractivity (Wildman–Crippen MR) is 110 cm³/mol. The zero-order valence-electron chi connectivity index (χ0n) is 17.0. The van der Waals surface area contributed by atoms with E-state index in [1.807, 2.05) is 0 Å². The number of rotatable bonds is 7. The Morgan fingerprint density at radius 2 is 1.36 bits per heavy atom. The molecule has 0 saturated carbocycles. The highest BCUT2D eigenvalue weighted by molar-refractivity contribution is 5.28. The highest BCUT2D eigenvalue weighted by Crippen LogP contribution is 2.27. The van der Waals surface area contributed by atoms with Gasteiger partial charge in [0.25, 0.3) is 0 Å². The monoisotopic (exact) mass is 337 g/mol. The molecule has 0 fully saturated rings. The van der Waals surface area contributed by atoms with Crippen LogP contribution in [0.1, 0.15) is 58.2 Å². The van der Waals surface area contributed by atoms with Gasteiger partial charge in [-0.3, -0.25) is 4.90 Å². The Bertz CT molecular complexity index is 632. The van der Waals surface area contributed by atoms with Gasteiger partial charge >= 0.3 is 0 Å². The van der Waals surface area contributed by atoms with Crippen molar-refractivity contribution in [3.05, 3.63) is 71.3 Å². The second kappa shape index (κ2) is 8.19. The van der Waals surface area contributed by atoms with Crippen LogP contribution in [0.15, 0.2) is 54.6 Å². The van der Waals surface area contributed by atoms with Crippen LogP contribution in [0, 0.1) is 5.41 Å². The highest BCUT2D eigenvalue weighted by Gasteiger charge is 2.22. The third-order valence-corrected chi connectivity index (χ3v) is 4.85. The van der Waals surface area contributed by atoms with Gasteiger partial charge in [0.05, 0.1) is 0 Å². The molecule has 0 spiro atoms. The van der Waals surface area contributed by atoms with Crippen molar-refractivity contribution in [2.45, 2.75) is 59.9 Å². The van der Waals surface area contributed by atoms with Crippen molar-refractivity contribution in [1.82, 2.24) is 4.90 Å². The van der Waals surface area contributed by atoms with Crippen LogP contribution in [-0.4, -0.2) is 18.0 Å². The van der Waals surface area contributed by atoms with Gasteiger partial charge in [0.1, 0.15) is 0 Å². The molecule has 0 N–H and O–H groups in total. The van der Waals surface area contributed by atoms with Crippen LogP contribution in [-0.2, 0) is 18.4 Å². The van der Waals surface area contributed by atoms with Gasteiger partial charge < -0.3 is 0 Å². The molecule has 0 amide bonds. The SMILES string of the molecule is CCN(Cc1ccccc1)CC(C)(C)Cc1ccc(C(C)(C)C)cc1. The molecular formula is C24H35N. The summed E-state index contributed by atoms with van der Waals surface area (Å²) in [6.45, 7) is 17.1. The first-order valence-corrected chi connectivity index (χ1v) is 9.55. The highest BCUT2D eigenvalue weighted by atomic mass is 15.1. The molecule has 0 aliphatic rings. The first-order chi connectivity index (χ1) is 11.7. The molecule has 1 heteroatoms. The lowest BCUT2D eigenvalue weighted by atomic mass is 9.82. The lowest BCUT2D eigenvalue weighted by molar-refractivity contribution is 0.177. The van der Waals surface area contributed by atoms with Crippen molar-refractivity contribution < 1.29 is 0 Å². The molecule has 1 nitrogen and oxygen atoms in total. The number of nitrogens with zero attached hydrogens (tertiary/aromatic N) is 1. The summed E-state index contributed by atoms with van der Waals surface area (Å²) in [4.78, 5) is 2.55. The topological polar surface area (TPSA) is 3.24 Å². The molecule has 0 bridgehead atoms. The summed E-state index contributed by atoms with van der Waals surface area (Å²) in [7, 11) is 0. The van der Waals surface area contributed by atoms with E-state index in [0.717, 1.165) is 26.1 Å². The van der Waals surface area contributed by atoms with Gasteiger partial charge in [-0.2, -0.15) is 0 Å². The molecule has 0 aromatic heterocycles. The fourth-order valence-corrected chi connectivity index (χ4v) is 3.46. The quantitative estimate of drug-likeness (QED) is 0.592. The van der Waals surface area contributed by atoms with Gasteiger partial charge in [-0.15, -0.1) is 0 Å². The molecule has 0 unspecified atom stereocenters. The number of hydrogen-bond donors (Lipinski definition) is 0. The Balaban J connectivity index is 2.00. The van der Waals surface area contributed by atoms with E-state index in [-0.39, 0.29) is 10.8 Å². The molecule has 2 aromatic carbocycles. The number of hydrogen-bond acceptors (Lipinski definition) is 1. The normalized spacial score (nSPS) is 12.6. The fraction of sp³-hybridized carbons (Fsp3) is 0.500. The van der Waals surface area contributed by atoms with Crippen LogP contribution in [0.3, 0.4) is 0 Å². The van der Waals surface area contributed by atoms with Gasteiger partial charge in [-0.05, 0) is 40.5 Å². The van der Waals surface area contributed by atoms with Crippen LogP contribution >= 0.6 is 0 Å². The molecule has 0 atom stereocenters. The predicted octanol–water partition coefficient (Wildman–Crippen LogP) is 6.07. The maximum atomic E-state index is 2.55. The Morgan fingerprint density at radius 3 is 1.88 bits per heavy atom. The van der Waals surface area contributed by atoms with Gasteiger partial charge in [-0.1, -0.05) is 96.1 Å². The van der Waals surface area contributed by atoms with Crippen molar-refractivity contribution >= 4 is 0 Å². The van der Waals surface area contributed by atoms with E-state index in [1.54, 1.807) is 0 Å². The summed E-state index contributed by atoms with van der Waals surface area (Å²) in [6, 6.07) is 20.0. The van der Waals surface area contributed by atoms with Crippen LogP contribution < -0.4 is 0 Å². The summed E-state index contributed by atoms with van der Waals surface area (Å²) < 4.78 is 0. The van der Waals surface area contributed by atoms with E-state index in [0.29, 0.717) is 0 Å². The second-order valence-electron chi connectivity index (χ2n) is 9.08. The second-order valence-corrected chi connectivity index (χ2v) is 9.08. The summed E-state index contributed by atoms with van der Waals surface area (Å²) in [5.74, 6) is 0. The molecule has 0 aliphatic heterocycles. The Kier molecular flexibility index (Phi) is 6.46. The fourth-order valence-electron chi connectivity index (χ4n) is 3.46. The van der Waals surface area contributed by atoms with Crippen LogP contribution in [0.4, 0.5) is 0 Å². The minimum atomic E-state index is 0.225. The van der Waals surface area contributed by atoms with Gasteiger partial charge in [0, 0.05) is 13.1 Å². The van der Waals surface area contributed by atoms with Crippen LogP contribution in [0.5, 0.6) is 0 Å². The largest absolute Gasteiger partial charge is 0.299 e. The van der Waals surface area contributed by atoms with Crippen LogP contribution in [0.2, 0.25) is 0 Å². The average molecular weight is 338 g/mol. The van der Waals surface area contributed by atoms with E-state index in [2.05, 4.69) is 101 Å². The van der Waals surface area contributed by atoms with Crippen molar-refractivity contribution in [1.29, 1.82) is 0 Å². The van der Waals surface area contributed by atoms with Gasteiger partial charge in [0.15, 0.2) is 0 Å². The molecule has 136 valence electrons. The van der Waals surface area contributed by atoms with Crippen molar-refractivity contribution in [3.8, 4) is 0 Å². The Hall–Kier alpha value is -1.60. The first kappa shape index (κ1) is 19.7. The zero-order chi connectivity index (χ0) is 18.5. The minimum absolute atomic E-state index is 0.225. The molecule has 25 heavy (non-hydrogen) atoms. The van der Waals surface area contributed by atoms with Crippen molar-refractivity contribution in [2.24, 2.45) is 5.41 Å². The Morgan fingerprint density at radius 1 is 0.760 bits per heavy atom. The van der Waals surface area contributed by atoms with E-state index in [4.69, 9.17) is 0 Å². The van der Waals surface area contributed by atoms with Gasteiger partial charge in [0.2, 0.25) is 0 Å². The molecular weight excluding hydrogens is 302 g/mol. The lowest BCUT2D eigenvalue weighted by Gasteiger charge is -2.32. The standard InChI is InChI=1S/C24H35N/c1-7-25(18-21-11-9-8-10-12-21)19-24(5,6)17-20-13-15-22(16-14-20)23(2,3)4/h8-16H,7,17-19H2,1-6H3. The summed E-state index contributed by atoms with van der Waals surface area (Å²) >= 11 is 0. The van der Waals surface area contributed by atoms with E-state index < -0.39 is 0 Å². The van der Waals surface area contributed by atoms with E-state index >= 15 is 0 Å². The zero-order valence-corrected chi connectivity index (χ0v) is 17.0. The van der Waals surface area contributed by atoms with Crippen LogP contribution in [0.25, 0.3) is 0 Å². The number of benzene rings is 2. The lowest BCUT2D eigenvalue weighted by Crippen LogP contribution is -2.35. The molecule has 2 rings (SSSR count). The maximum Gasteiger partial charge on any atom is 0.0233 e. The molecule has 0 radical (unpaired) electrons. The van der Waals surface area contributed by atoms with Crippen molar-refractivity contribution in [3.63, 3.8) is 0 Å². The maximum absolute atomic E-state index is 2.55. The Labute approximate surface area is 155 Å². The molecule has 0 saturated heterocycles. The summed E-state index contributed by atoms with van der Waals surface area (Å²) in [5.41, 5.74) is 4.73. The average Bonchev–Trinajstić information content (AvgIpc) is 2.54. The van der Waals surface area contributed by atoms with Crippen molar-refractivity contribution in [2.75, 3.05) is 13.1 Å². The molecule has 2 aromatic rings.